The number of aliphatic hydroxyl groups is 1. The van der Waals surface area contributed by atoms with Crippen molar-refractivity contribution in [1.82, 2.24) is 5.32 Å². The number of carbonyl (C=O) groups excluding carboxylic acids is 2. The fourth-order valence-electron chi connectivity index (χ4n) is 0.694. The number of nitrogens with one attached hydrogen (secondary N) is 2. The molecule has 0 aromatic carbocycles. The van der Waals surface area contributed by atoms with E-state index in [1.165, 1.54) is 0 Å². The van der Waals surface area contributed by atoms with Crippen LogP contribution in [0.2, 0.25) is 0 Å². The first-order chi connectivity index (χ1) is 7.16. The number of ether oxygens (including phenoxy) is 2. The number of hydrogen-bond donors (Lipinski definition) is 2. The van der Waals surface area contributed by atoms with Gasteiger partial charge in [-0.1, -0.05) is 0 Å². The first-order valence-electron chi connectivity index (χ1n) is 4.44. The molecule has 0 aliphatic heterocycles. The number of rotatable bonds is 9. The van der Waals surface area contributed by atoms with E-state index in [-0.39, 0.29) is 78.2 Å². The zero-order chi connectivity index (χ0) is 11.5. The van der Waals surface area contributed by atoms with Gasteiger partial charge in [-0.15, -0.1) is 0 Å². The molecule has 0 aromatic heterocycles. The van der Waals surface area contributed by atoms with Gasteiger partial charge in [-0.25, -0.2) is 0 Å². The Kier molecular flexibility index (Phi) is 14.9. The molecule has 0 saturated heterocycles. The van der Waals surface area contributed by atoms with Gasteiger partial charge < -0.3 is 30.4 Å². The predicted octanol–water partition coefficient (Wildman–Crippen LogP) is -1.30. The summed E-state index contributed by atoms with van der Waals surface area (Å²) in [7, 11) is 0. The quantitative estimate of drug-likeness (QED) is 0.515. The summed E-state index contributed by atoms with van der Waals surface area (Å²) in [6.07, 6.45) is 0. The van der Waals surface area contributed by atoms with Gasteiger partial charge in [0.1, 0.15) is 6.61 Å². The molecule has 0 bridgehead atoms. The van der Waals surface area contributed by atoms with Crippen molar-refractivity contribution < 1.29 is 56.9 Å². The van der Waals surface area contributed by atoms with Gasteiger partial charge in [-0.3, -0.25) is 4.79 Å². The molecule has 0 unspecified atom stereocenters. The SMILES string of the molecule is [NH-]C(=O)COCCOCC(=O)NCCO.[Y]. The summed E-state index contributed by atoms with van der Waals surface area (Å²) < 4.78 is 9.61. The Morgan fingerprint density at radius 3 is 2.25 bits per heavy atom. The summed E-state index contributed by atoms with van der Waals surface area (Å²) in [6, 6.07) is 0. The maximum absolute atomic E-state index is 10.9. The largest absolute Gasteiger partial charge is 0.666 e. The van der Waals surface area contributed by atoms with Crippen LogP contribution in [-0.2, 0) is 51.8 Å². The maximum Gasteiger partial charge on any atom is 0.246 e. The van der Waals surface area contributed by atoms with E-state index in [1.807, 2.05) is 0 Å². The van der Waals surface area contributed by atoms with Gasteiger partial charge in [0.15, 0.2) is 0 Å². The molecular weight excluding hydrogens is 293 g/mol. The third-order valence-electron chi connectivity index (χ3n) is 1.27. The van der Waals surface area contributed by atoms with Gasteiger partial charge in [0, 0.05) is 39.3 Å². The van der Waals surface area contributed by atoms with E-state index in [2.05, 4.69) is 5.32 Å². The maximum atomic E-state index is 10.9. The summed E-state index contributed by atoms with van der Waals surface area (Å²) in [6.45, 7) is 0.0580. The minimum Gasteiger partial charge on any atom is -0.666 e. The van der Waals surface area contributed by atoms with Crippen LogP contribution in [0, 0.1) is 0 Å². The van der Waals surface area contributed by atoms with E-state index < -0.39 is 5.91 Å². The third-order valence-corrected chi connectivity index (χ3v) is 1.27. The summed E-state index contributed by atoms with van der Waals surface area (Å²) in [5.74, 6) is -1.11. The summed E-state index contributed by atoms with van der Waals surface area (Å²) in [5, 5.41) is 10.8. The molecule has 0 saturated carbocycles. The molecule has 7 nitrogen and oxygen atoms in total. The van der Waals surface area contributed by atoms with Crippen molar-refractivity contribution in [2.24, 2.45) is 0 Å². The third kappa shape index (κ3) is 13.9. The Hall–Kier alpha value is -0.0761. The molecule has 0 aliphatic rings. The topological polar surface area (TPSA) is 109 Å². The summed E-state index contributed by atoms with van der Waals surface area (Å²) >= 11 is 0. The summed E-state index contributed by atoms with van der Waals surface area (Å²) in [5.41, 5.74) is 6.51. The Morgan fingerprint density at radius 2 is 1.75 bits per heavy atom. The molecule has 8 heteroatoms. The van der Waals surface area contributed by atoms with E-state index >= 15 is 0 Å². The van der Waals surface area contributed by atoms with Crippen LogP contribution in [0.5, 0.6) is 0 Å². The standard InChI is InChI=1S/C8H16N2O5.Y/c9-7(12)5-14-3-4-15-6-8(13)10-1-2-11;/h11H,1-6H2,(H3,9,10,12,13);/p-1. The van der Waals surface area contributed by atoms with Crippen LogP contribution in [0.4, 0.5) is 0 Å². The molecule has 0 spiro atoms. The monoisotopic (exact) mass is 308 g/mol. The van der Waals surface area contributed by atoms with Crippen molar-refractivity contribution in [1.29, 1.82) is 0 Å². The second kappa shape index (κ2) is 13.0. The van der Waals surface area contributed by atoms with Crippen LogP contribution >= 0.6 is 0 Å². The minimum atomic E-state index is -0.796. The fourth-order valence-corrected chi connectivity index (χ4v) is 0.694. The molecule has 3 N–H and O–H groups in total. The van der Waals surface area contributed by atoms with E-state index in [1.54, 1.807) is 0 Å². The molecule has 0 fully saturated rings. The zero-order valence-corrected chi connectivity index (χ0v) is 11.7. The van der Waals surface area contributed by atoms with Crippen LogP contribution < -0.4 is 5.32 Å². The number of carbonyl (C=O) groups is 2. The summed E-state index contributed by atoms with van der Waals surface area (Å²) in [4.78, 5) is 21.0. The smallest absolute Gasteiger partial charge is 0.246 e. The van der Waals surface area contributed by atoms with Crippen molar-refractivity contribution in [2.75, 3.05) is 39.6 Å². The van der Waals surface area contributed by atoms with Crippen LogP contribution in [0.1, 0.15) is 0 Å². The Morgan fingerprint density at radius 1 is 1.19 bits per heavy atom. The Labute approximate surface area is 119 Å². The first-order valence-corrected chi connectivity index (χ1v) is 4.44. The van der Waals surface area contributed by atoms with Crippen LogP contribution in [-0.4, -0.2) is 56.5 Å². The minimum absolute atomic E-state index is 0. The molecule has 91 valence electrons. The average Bonchev–Trinajstić information content (AvgIpc) is 2.19. The molecule has 2 amide bonds. The van der Waals surface area contributed by atoms with Gasteiger partial charge >= 0.3 is 0 Å². The van der Waals surface area contributed by atoms with Crippen molar-refractivity contribution >= 4 is 11.8 Å². The number of amides is 2. The first kappa shape index (κ1) is 18.3. The molecule has 0 atom stereocenters. The molecular formula is C8H15N2O5Y-. The second-order valence-electron chi connectivity index (χ2n) is 2.60. The molecule has 0 rings (SSSR count). The molecule has 0 aliphatic carbocycles. The fraction of sp³-hybridized carbons (Fsp3) is 0.750. The molecule has 1 radical (unpaired) electrons. The van der Waals surface area contributed by atoms with E-state index in [0.717, 1.165) is 0 Å². The van der Waals surface area contributed by atoms with Crippen molar-refractivity contribution in [3.05, 3.63) is 5.73 Å². The van der Waals surface area contributed by atoms with Gasteiger partial charge in [-0.2, -0.15) is 0 Å². The van der Waals surface area contributed by atoms with Crippen molar-refractivity contribution in [3.63, 3.8) is 0 Å². The van der Waals surface area contributed by atoms with Crippen molar-refractivity contribution in [3.8, 4) is 0 Å². The molecule has 0 aromatic rings. The Bertz CT molecular complexity index is 203. The average molecular weight is 308 g/mol. The van der Waals surface area contributed by atoms with Gasteiger partial charge in [0.25, 0.3) is 0 Å². The van der Waals surface area contributed by atoms with Crippen molar-refractivity contribution in [2.45, 2.75) is 0 Å². The van der Waals surface area contributed by atoms with Crippen LogP contribution in [0.15, 0.2) is 0 Å². The number of aliphatic hydroxyl groups excluding tert-OH is 1. The number of hydrogen-bond acceptors (Lipinski definition) is 5. The Balaban J connectivity index is 0. The second-order valence-corrected chi connectivity index (χ2v) is 2.60. The molecule has 0 heterocycles. The van der Waals surface area contributed by atoms with Gasteiger partial charge in [0.05, 0.1) is 32.3 Å². The van der Waals surface area contributed by atoms with Gasteiger partial charge in [0.2, 0.25) is 5.91 Å². The molecule has 16 heavy (non-hydrogen) atoms. The van der Waals surface area contributed by atoms with Crippen LogP contribution in [0.25, 0.3) is 5.73 Å². The predicted molar refractivity (Wildman–Crippen MR) is 51.1 cm³/mol. The normalized spacial score (nSPS) is 9.31. The van der Waals surface area contributed by atoms with Gasteiger partial charge in [-0.05, 0) is 0 Å². The van der Waals surface area contributed by atoms with E-state index in [9.17, 15) is 9.59 Å². The van der Waals surface area contributed by atoms with E-state index in [4.69, 9.17) is 20.3 Å². The van der Waals surface area contributed by atoms with Crippen LogP contribution in [0.3, 0.4) is 0 Å². The zero-order valence-electron chi connectivity index (χ0n) is 8.90. The van der Waals surface area contributed by atoms with E-state index in [0.29, 0.717) is 0 Å².